The molecule has 4 heterocycles. The van der Waals surface area contributed by atoms with Crippen LogP contribution in [0.4, 0.5) is 34.1 Å². The third-order valence-electron chi connectivity index (χ3n) is 27.5. The summed E-state index contributed by atoms with van der Waals surface area (Å²) in [5, 5.41) is 20.7. The van der Waals surface area contributed by atoms with Crippen LogP contribution in [-0.4, -0.2) is 15.8 Å². The minimum Gasteiger partial charge on any atom is -0.310 e. The molecule has 0 saturated carbocycles. The van der Waals surface area contributed by atoms with Crippen LogP contribution in [-0.2, 0) is 21.7 Å². The number of hydrogen-bond donors (Lipinski definition) is 0. The van der Waals surface area contributed by atoms with Gasteiger partial charge in [0.15, 0.2) is 0 Å². The highest BCUT2D eigenvalue weighted by Crippen LogP contribution is 2.58. The summed E-state index contributed by atoms with van der Waals surface area (Å²) in [6, 6.07) is 130. The second-order valence-electron chi connectivity index (χ2n) is 38.7. The van der Waals surface area contributed by atoms with Crippen LogP contribution < -0.4 is 26.2 Å². The van der Waals surface area contributed by atoms with Crippen LogP contribution in [0.1, 0.15) is 105 Å². The van der Waals surface area contributed by atoms with E-state index >= 15 is 0 Å². The van der Waals surface area contributed by atoms with Gasteiger partial charge in [0.25, 0.3) is 6.71 Å². The highest BCUT2D eigenvalue weighted by molar-refractivity contribution is 7.00. The van der Waals surface area contributed by atoms with E-state index in [0.717, 1.165) is 90.0 Å². The van der Waals surface area contributed by atoms with E-state index in [9.17, 15) is 0 Å². The summed E-state index contributed by atoms with van der Waals surface area (Å²) >= 11 is 0. The molecule has 0 fully saturated rings. The van der Waals surface area contributed by atoms with Crippen molar-refractivity contribution in [3.05, 3.63) is 356 Å². The lowest BCUT2D eigenvalue weighted by Crippen LogP contribution is -2.61. The summed E-state index contributed by atoms with van der Waals surface area (Å²) in [6.45, 7) is 28.0. The molecule has 0 N–H and O–H groups in total. The topological polar surface area (TPSA) is 16.3 Å². The molecule has 0 saturated heterocycles. The van der Waals surface area contributed by atoms with Crippen LogP contribution in [0.5, 0.6) is 0 Å². The van der Waals surface area contributed by atoms with Crippen molar-refractivity contribution in [2.24, 2.45) is 0 Å². The van der Waals surface area contributed by atoms with Gasteiger partial charge in [-0.1, -0.05) is 332 Å². The number of fused-ring (bicyclic) bond motifs is 6. The van der Waals surface area contributed by atoms with Crippen molar-refractivity contribution in [3.63, 3.8) is 0 Å². The maximum Gasteiger partial charge on any atom is 0.252 e. The van der Waals surface area contributed by atoms with Gasteiger partial charge in [0.05, 0.1) is 33.4 Å². The first-order valence-electron chi connectivity index (χ1n) is 43.2. The van der Waals surface area contributed by atoms with Gasteiger partial charge in [-0.3, -0.25) is 0 Å². The van der Waals surface area contributed by atoms with Gasteiger partial charge in [-0.05, 0) is 243 Å². The zero-order valence-electron chi connectivity index (χ0n) is 70.6. The summed E-state index contributed by atoms with van der Waals surface area (Å²) in [5.41, 5.74) is 33.4. The molecule has 0 atom stereocenters. The number of anilines is 6. The molecule has 20 aromatic carbocycles. The molecule has 2 aliphatic heterocycles. The molecular formula is C116H91BN4. The maximum atomic E-state index is 2.78. The van der Waals surface area contributed by atoms with Crippen molar-refractivity contribution in [2.75, 3.05) is 9.80 Å². The average molecular weight is 1550 g/mol. The van der Waals surface area contributed by atoms with E-state index in [2.05, 4.69) is 436 Å². The quantitative estimate of drug-likeness (QED) is 0.0813. The Bertz CT molecular complexity index is 7670. The highest BCUT2D eigenvalue weighted by Gasteiger charge is 2.47. The summed E-state index contributed by atoms with van der Waals surface area (Å²) < 4.78 is 5.22. The molecule has 5 heteroatoms. The number of benzene rings is 20. The van der Waals surface area contributed by atoms with Crippen LogP contribution in [0.25, 0.3) is 175 Å². The lowest BCUT2D eigenvalue weighted by molar-refractivity contribution is 0.590. The van der Waals surface area contributed by atoms with Gasteiger partial charge in [0, 0.05) is 77.9 Å². The van der Waals surface area contributed by atoms with Crippen molar-refractivity contribution in [1.82, 2.24) is 9.13 Å². The zero-order chi connectivity index (χ0) is 81.8. The second-order valence-corrected chi connectivity index (χ2v) is 38.7. The number of rotatable bonds is 9. The standard InChI is InChI=1S/C116H91BN4/c1-113(2,3)78-48-40-71(41-49-78)90-64-81(116(10,11)12)65-91(72-42-50-79(51-43-72)114(4,5)6)112(90)121-99-67-83(119-96-58-46-75-34-24-38-86-87-39-25-35-76-47-59-97(119)109(105(76)87)108(96)104(75)86)53-55-93(99)117-92-54-52-82(118-94-56-44-73-32-22-36-84-85-37-23-33-74-45-57-95(118)107(103(74)85)106(94)102(73)84)66-98(92)120(100-60-77(61-101(121)110(100)117)68-26-16-13-17-27-68)111-88(69-28-18-14-19-29-69)62-80(115(7,8)9)63-89(111)70-30-20-15-21-31-70/h13-67H,1-12H3. The van der Waals surface area contributed by atoms with E-state index in [0.29, 0.717) is 0 Å². The summed E-state index contributed by atoms with van der Waals surface area (Å²) in [7, 11) is 0. The fraction of sp³-hybridized carbons (Fsp3) is 0.138. The van der Waals surface area contributed by atoms with E-state index in [1.807, 2.05) is 0 Å². The molecule has 4 nitrogen and oxygen atoms in total. The highest BCUT2D eigenvalue weighted by atomic mass is 15.2. The Labute approximate surface area is 707 Å². The van der Waals surface area contributed by atoms with Crippen molar-refractivity contribution in [3.8, 4) is 67.0 Å². The molecule has 0 amide bonds. The zero-order valence-corrected chi connectivity index (χ0v) is 70.6. The van der Waals surface area contributed by atoms with E-state index in [-0.39, 0.29) is 28.4 Å². The van der Waals surface area contributed by atoms with Gasteiger partial charge in [-0.15, -0.1) is 0 Å². The predicted octanol–water partition coefficient (Wildman–Crippen LogP) is 30.2. The van der Waals surface area contributed by atoms with E-state index in [1.54, 1.807) is 0 Å². The van der Waals surface area contributed by atoms with Crippen LogP contribution in [0.3, 0.4) is 0 Å². The summed E-state index contributed by atoms with van der Waals surface area (Å²) in [5.74, 6) is 0. The summed E-state index contributed by atoms with van der Waals surface area (Å²) in [4.78, 5) is 5.55. The number of nitrogens with zero attached hydrogens (tertiary/aromatic N) is 4. The molecule has 0 bridgehead atoms. The predicted molar refractivity (Wildman–Crippen MR) is 521 cm³/mol. The van der Waals surface area contributed by atoms with Crippen LogP contribution in [0.2, 0.25) is 0 Å². The molecule has 0 aliphatic carbocycles. The fourth-order valence-electron chi connectivity index (χ4n) is 21.5. The first-order chi connectivity index (χ1) is 58.6. The minimum absolute atomic E-state index is 0.0809. The molecule has 24 rings (SSSR count). The largest absolute Gasteiger partial charge is 0.310 e. The Morgan fingerprint density at radius 2 is 0.512 bits per heavy atom. The third-order valence-corrected chi connectivity index (χ3v) is 27.5. The first kappa shape index (κ1) is 71.4. The van der Waals surface area contributed by atoms with Gasteiger partial charge in [-0.2, -0.15) is 0 Å². The maximum absolute atomic E-state index is 2.78. The molecule has 2 aliphatic rings. The van der Waals surface area contributed by atoms with E-state index in [4.69, 9.17) is 0 Å². The van der Waals surface area contributed by atoms with Crippen molar-refractivity contribution < 1.29 is 0 Å². The molecular weight excluding hydrogens is 1460 g/mol. The number of aromatic nitrogens is 2. The molecule has 2 aromatic heterocycles. The van der Waals surface area contributed by atoms with Crippen molar-refractivity contribution >= 4 is 165 Å². The van der Waals surface area contributed by atoms with Crippen LogP contribution in [0, 0.1) is 0 Å². The SMILES string of the molecule is CC(C)(C)c1ccc(-c2cc(C(C)(C)C)cc(-c3ccc(C(C)(C)C)cc3)c2N2c3cc(-n4c5ccc6cccc7c8cccc9ccc4c(c98)c5c67)ccc3B3c4ccc(-n5c6ccc7cccc8c9cccc%10ccc5c(c%109)c6c78)cc4N(c4c(-c5ccccc5)cc(C(C)(C)C)cc4-c4ccccc4)c4cc(-c5ccccc5)cc2c43)cc1. The van der Waals surface area contributed by atoms with Gasteiger partial charge < -0.3 is 18.9 Å². The molecule has 0 spiro atoms. The Balaban J connectivity index is 0.885. The van der Waals surface area contributed by atoms with Crippen molar-refractivity contribution in [2.45, 2.75) is 105 Å². The Morgan fingerprint density at radius 1 is 0.215 bits per heavy atom. The first-order valence-corrected chi connectivity index (χ1v) is 43.2. The Kier molecular flexibility index (Phi) is 15.0. The van der Waals surface area contributed by atoms with Crippen LogP contribution in [0.15, 0.2) is 334 Å². The Hall–Kier alpha value is -13.7. The lowest BCUT2D eigenvalue weighted by Gasteiger charge is -2.46. The second kappa shape index (κ2) is 25.4. The molecule has 121 heavy (non-hydrogen) atoms. The Morgan fingerprint density at radius 3 is 0.818 bits per heavy atom. The van der Waals surface area contributed by atoms with Crippen LogP contribution >= 0.6 is 0 Å². The molecule has 578 valence electrons. The molecule has 22 aromatic rings. The van der Waals surface area contributed by atoms with Gasteiger partial charge in [-0.25, -0.2) is 0 Å². The molecule has 0 unspecified atom stereocenters. The average Bonchev–Trinajstić information content (AvgIpc) is 1.68. The van der Waals surface area contributed by atoms with E-state index in [1.165, 1.54) is 158 Å². The molecule has 0 radical (unpaired) electrons. The monoisotopic (exact) mass is 1550 g/mol. The normalized spacial score (nSPS) is 13.4. The summed E-state index contributed by atoms with van der Waals surface area (Å²) in [6.07, 6.45) is 0. The van der Waals surface area contributed by atoms with Gasteiger partial charge in [0.2, 0.25) is 0 Å². The lowest BCUT2D eigenvalue weighted by atomic mass is 9.33. The fourth-order valence-corrected chi connectivity index (χ4v) is 21.5. The van der Waals surface area contributed by atoms with Crippen molar-refractivity contribution in [1.29, 1.82) is 0 Å². The third kappa shape index (κ3) is 10.5. The smallest absolute Gasteiger partial charge is 0.252 e. The van der Waals surface area contributed by atoms with E-state index < -0.39 is 0 Å². The van der Waals surface area contributed by atoms with Gasteiger partial charge in [0.1, 0.15) is 0 Å². The van der Waals surface area contributed by atoms with Gasteiger partial charge >= 0.3 is 0 Å². The number of hydrogen-bond acceptors (Lipinski definition) is 2. The minimum atomic E-state index is -0.306.